The van der Waals surface area contributed by atoms with E-state index < -0.39 is 0 Å². The number of nitrogens with zero attached hydrogens (tertiary/aromatic N) is 2. The molecule has 0 saturated carbocycles. The number of benzene rings is 2. The molecule has 0 aliphatic rings. The van der Waals surface area contributed by atoms with Gasteiger partial charge in [-0.15, -0.1) is 0 Å². The molecule has 0 radical (unpaired) electrons. The van der Waals surface area contributed by atoms with Crippen molar-refractivity contribution in [2.45, 2.75) is 13.3 Å². The van der Waals surface area contributed by atoms with Gasteiger partial charge in [0.15, 0.2) is 0 Å². The molecule has 4 nitrogen and oxygen atoms in total. The Balaban J connectivity index is 1.87. The molecule has 2 aromatic carbocycles. The highest BCUT2D eigenvalue weighted by Crippen LogP contribution is 2.23. The fourth-order valence-electron chi connectivity index (χ4n) is 2.54. The number of anilines is 1. The molecule has 24 heavy (non-hydrogen) atoms. The maximum atomic E-state index is 12.5. The predicted molar refractivity (Wildman–Crippen MR) is 99.3 cm³/mol. The van der Waals surface area contributed by atoms with E-state index in [0.717, 1.165) is 27.1 Å². The molecule has 0 spiro atoms. The van der Waals surface area contributed by atoms with Crippen LogP contribution in [0.3, 0.4) is 0 Å². The van der Waals surface area contributed by atoms with E-state index in [1.54, 1.807) is 16.8 Å². The van der Waals surface area contributed by atoms with Crippen molar-refractivity contribution >= 4 is 27.5 Å². The summed E-state index contributed by atoms with van der Waals surface area (Å²) in [5.41, 5.74) is 4.37. The smallest absolute Gasteiger partial charge is 0.255 e. The summed E-state index contributed by atoms with van der Waals surface area (Å²) in [7, 11) is 1.89. The number of aromatic nitrogens is 2. The highest BCUT2D eigenvalue weighted by atomic mass is 79.9. The second-order valence-corrected chi connectivity index (χ2v) is 6.57. The van der Waals surface area contributed by atoms with Crippen molar-refractivity contribution in [2.75, 3.05) is 5.32 Å². The number of rotatable bonds is 4. The van der Waals surface area contributed by atoms with Crippen molar-refractivity contribution in [2.24, 2.45) is 7.05 Å². The zero-order valence-electron chi connectivity index (χ0n) is 13.6. The van der Waals surface area contributed by atoms with E-state index in [-0.39, 0.29) is 5.91 Å². The van der Waals surface area contributed by atoms with Gasteiger partial charge in [0, 0.05) is 23.5 Å². The van der Waals surface area contributed by atoms with Crippen LogP contribution in [0.25, 0.3) is 0 Å². The number of halogens is 1. The zero-order chi connectivity index (χ0) is 17.1. The van der Waals surface area contributed by atoms with E-state index in [4.69, 9.17) is 0 Å². The fourth-order valence-corrected chi connectivity index (χ4v) is 2.80. The van der Waals surface area contributed by atoms with Crippen molar-refractivity contribution < 1.29 is 4.79 Å². The summed E-state index contributed by atoms with van der Waals surface area (Å²) in [5.74, 6) is -0.132. The Hall–Kier alpha value is -2.40. The topological polar surface area (TPSA) is 46.9 Å². The third kappa shape index (κ3) is 3.57. The molecule has 0 aliphatic heterocycles. The molecule has 1 amide bonds. The third-order valence-electron chi connectivity index (χ3n) is 3.97. The average Bonchev–Trinajstić information content (AvgIpc) is 2.84. The van der Waals surface area contributed by atoms with Gasteiger partial charge in [-0.1, -0.05) is 46.3 Å². The summed E-state index contributed by atoms with van der Waals surface area (Å²) in [6, 6.07) is 17.4. The van der Waals surface area contributed by atoms with Crippen LogP contribution in [-0.4, -0.2) is 15.7 Å². The van der Waals surface area contributed by atoms with E-state index in [2.05, 4.69) is 38.5 Å². The van der Waals surface area contributed by atoms with Gasteiger partial charge < -0.3 is 5.32 Å². The van der Waals surface area contributed by atoms with Crippen LogP contribution in [0.2, 0.25) is 0 Å². The van der Waals surface area contributed by atoms with Gasteiger partial charge in [-0.25, -0.2) is 0 Å². The van der Waals surface area contributed by atoms with Crippen molar-refractivity contribution in [3.63, 3.8) is 0 Å². The van der Waals surface area contributed by atoms with E-state index in [9.17, 15) is 4.79 Å². The minimum Gasteiger partial charge on any atom is -0.319 e. The highest BCUT2D eigenvalue weighted by Gasteiger charge is 2.16. The van der Waals surface area contributed by atoms with Crippen LogP contribution in [0.4, 0.5) is 5.69 Å². The van der Waals surface area contributed by atoms with E-state index in [1.807, 2.05) is 44.3 Å². The Kier molecular flexibility index (Phi) is 4.81. The van der Waals surface area contributed by atoms with Gasteiger partial charge in [0.1, 0.15) is 0 Å². The Morgan fingerprint density at radius 1 is 1.12 bits per heavy atom. The fraction of sp³-hybridized carbons (Fsp3) is 0.158. The molecule has 3 aromatic rings. The standard InChI is InChI=1S/C19H18BrN3O/c1-13-18(21-19(24)15-8-10-16(20)11-9-15)17(22-23(13)2)12-14-6-4-3-5-7-14/h3-11H,12H2,1-2H3,(H,21,24). The summed E-state index contributed by atoms with van der Waals surface area (Å²) in [4.78, 5) is 12.5. The zero-order valence-corrected chi connectivity index (χ0v) is 15.2. The highest BCUT2D eigenvalue weighted by molar-refractivity contribution is 9.10. The van der Waals surface area contributed by atoms with E-state index in [0.29, 0.717) is 12.0 Å². The predicted octanol–water partition coefficient (Wildman–Crippen LogP) is 4.33. The molecular weight excluding hydrogens is 366 g/mol. The van der Waals surface area contributed by atoms with E-state index in [1.165, 1.54) is 0 Å². The van der Waals surface area contributed by atoms with Gasteiger partial charge in [0.25, 0.3) is 5.91 Å². The van der Waals surface area contributed by atoms with Gasteiger partial charge >= 0.3 is 0 Å². The Morgan fingerprint density at radius 2 is 1.79 bits per heavy atom. The SMILES string of the molecule is Cc1c(NC(=O)c2ccc(Br)cc2)c(Cc2ccccc2)nn1C. The number of carbonyl (C=O) groups is 1. The molecule has 0 unspecified atom stereocenters. The Morgan fingerprint density at radius 3 is 2.46 bits per heavy atom. The van der Waals surface area contributed by atoms with Crippen LogP contribution in [0, 0.1) is 6.92 Å². The quantitative estimate of drug-likeness (QED) is 0.728. The number of carbonyl (C=O) groups excluding carboxylic acids is 1. The largest absolute Gasteiger partial charge is 0.319 e. The minimum absolute atomic E-state index is 0.132. The number of amides is 1. The molecule has 0 fully saturated rings. The molecule has 1 heterocycles. The third-order valence-corrected chi connectivity index (χ3v) is 4.49. The lowest BCUT2D eigenvalue weighted by molar-refractivity contribution is 0.102. The van der Waals surface area contributed by atoms with Gasteiger partial charge in [-0.2, -0.15) is 5.10 Å². The van der Waals surface area contributed by atoms with Crippen LogP contribution in [0.1, 0.15) is 27.3 Å². The molecule has 0 aliphatic carbocycles. The molecule has 1 aromatic heterocycles. The van der Waals surface area contributed by atoms with Gasteiger partial charge in [0.2, 0.25) is 0 Å². The van der Waals surface area contributed by atoms with Crippen molar-refractivity contribution in [3.8, 4) is 0 Å². The number of nitrogens with one attached hydrogen (secondary N) is 1. The van der Waals surface area contributed by atoms with Crippen LogP contribution < -0.4 is 5.32 Å². The van der Waals surface area contributed by atoms with Gasteiger partial charge in [-0.05, 0) is 36.8 Å². The van der Waals surface area contributed by atoms with Gasteiger partial charge in [-0.3, -0.25) is 9.48 Å². The summed E-state index contributed by atoms with van der Waals surface area (Å²) in [6.07, 6.45) is 0.679. The van der Waals surface area contributed by atoms with Crippen molar-refractivity contribution in [1.29, 1.82) is 0 Å². The lowest BCUT2D eigenvalue weighted by Crippen LogP contribution is -2.13. The summed E-state index contributed by atoms with van der Waals surface area (Å²) in [5, 5.41) is 7.58. The first-order valence-electron chi connectivity index (χ1n) is 7.68. The first-order chi connectivity index (χ1) is 11.5. The second kappa shape index (κ2) is 7.01. The number of hydrogen-bond acceptors (Lipinski definition) is 2. The summed E-state index contributed by atoms with van der Waals surface area (Å²) in [6.45, 7) is 1.96. The van der Waals surface area contributed by atoms with E-state index >= 15 is 0 Å². The Bertz CT molecular complexity index is 854. The molecular formula is C19H18BrN3O. The van der Waals surface area contributed by atoms with Crippen LogP contribution in [0.15, 0.2) is 59.1 Å². The normalized spacial score (nSPS) is 10.6. The van der Waals surface area contributed by atoms with Crippen LogP contribution in [0.5, 0.6) is 0 Å². The first-order valence-corrected chi connectivity index (χ1v) is 8.47. The maximum Gasteiger partial charge on any atom is 0.255 e. The van der Waals surface area contributed by atoms with Crippen molar-refractivity contribution in [3.05, 3.63) is 81.6 Å². The van der Waals surface area contributed by atoms with Crippen LogP contribution in [-0.2, 0) is 13.5 Å². The molecule has 0 bridgehead atoms. The van der Waals surface area contributed by atoms with Crippen LogP contribution >= 0.6 is 15.9 Å². The molecule has 0 atom stereocenters. The number of aryl methyl sites for hydroxylation is 1. The van der Waals surface area contributed by atoms with Gasteiger partial charge in [0.05, 0.1) is 17.1 Å². The molecule has 1 N–H and O–H groups in total. The molecule has 3 rings (SSSR count). The average molecular weight is 384 g/mol. The van der Waals surface area contributed by atoms with Crippen molar-refractivity contribution in [1.82, 2.24) is 9.78 Å². The monoisotopic (exact) mass is 383 g/mol. The maximum absolute atomic E-state index is 12.5. The Labute approximate surface area is 149 Å². The molecule has 0 saturated heterocycles. The summed E-state index contributed by atoms with van der Waals surface area (Å²) >= 11 is 3.38. The second-order valence-electron chi connectivity index (χ2n) is 5.65. The minimum atomic E-state index is -0.132. The summed E-state index contributed by atoms with van der Waals surface area (Å²) < 4.78 is 2.75. The molecule has 5 heteroatoms. The molecule has 122 valence electrons. The lowest BCUT2D eigenvalue weighted by Gasteiger charge is -2.07. The first kappa shape index (κ1) is 16.5. The lowest BCUT2D eigenvalue weighted by atomic mass is 10.1. The number of hydrogen-bond donors (Lipinski definition) is 1.